The van der Waals surface area contributed by atoms with Gasteiger partial charge in [-0.05, 0) is 18.9 Å². The van der Waals surface area contributed by atoms with E-state index in [0.29, 0.717) is 25.2 Å². The Morgan fingerprint density at radius 2 is 2.10 bits per heavy atom. The molecule has 1 aromatic carbocycles. The summed E-state index contributed by atoms with van der Waals surface area (Å²) in [6.07, 6.45) is 3.03. The van der Waals surface area contributed by atoms with Crippen LogP contribution in [0.1, 0.15) is 29.2 Å². The van der Waals surface area contributed by atoms with Crippen LogP contribution in [0.15, 0.2) is 17.1 Å². The molecule has 0 radical (unpaired) electrons. The van der Waals surface area contributed by atoms with Gasteiger partial charge in [0, 0.05) is 31.9 Å². The molecule has 3 heterocycles. The molecule has 2 atom stereocenters. The van der Waals surface area contributed by atoms with Crippen LogP contribution in [0.3, 0.4) is 0 Å². The molecule has 3 aliphatic rings. The van der Waals surface area contributed by atoms with E-state index in [0.717, 1.165) is 25.5 Å². The molecule has 0 amide bonds. The van der Waals surface area contributed by atoms with Crippen molar-refractivity contribution in [3.05, 3.63) is 38.9 Å². The van der Waals surface area contributed by atoms with E-state index in [-0.39, 0.29) is 52.3 Å². The van der Waals surface area contributed by atoms with Crippen LogP contribution in [-0.4, -0.2) is 54.0 Å². The fraction of sp³-hybridized carbons (Fsp3) is 0.474. The standard InChI is InChI=1S/C19H19ClFN3O4.ClH/c20-15-16-10(18(25)11(19(26)27)6-24(16)9-1-2-9)5-12(21)17(15)23-7-13-14(8-23)28-4-3-22-13;/h5-6,9,13-14,22H,1-4,7-8H2,(H,26,27);1H. The van der Waals surface area contributed by atoms with Crippen molar-refractivity contribution >= 4 is 46.6 Å². The first-order valence-electron chi connectivity index (χ1n) is 9.35. The zero-order valence-electron chi connectivity index (χ0n) is 15.4. The van der Waals surface area contributed by atoms with Crippen molar-refractivity contribution in [1.82, 2.24) is 9.88 Å². The maximum absolute atomic E-state index is 15.1. The van der Waals surface area contributed by atoms with E-state index in [1.54, 1.807) is 4.57 Å². The average Bonchev–Trinajstić information content (AvgIpc) is 3.41. The van der Waals surface area contributed by atoms with Crippen LogP contribution < -0.4 is 15.6 Å². The summed E-state index contributed by atoms with van der Waals surface area (Å²) in [7, 11) is 0. The van der Waals surface area contributed by atoms with E-state index >= 15 is 4.39 Å². The summed E-state index contributed by atoms with van der Waals surface area (Å²) in [5.74, 6) is -1.95. The number of ether oxygens (including phenoxy) is 1. The molecule has 3 fully saturated rings. The monoisotopic (exact) mass is 443 g/mol. The quantitative estimate of drug-likeness (QED) is 0.757. The normalized spacial score (nSPS) is 23.7. The highest BCUT2D eigenvalue weighted by Gasteiger charge is 2.38. The lowest BCUT2D eigenvalue weighted by molar-refractivity contribution is 0.0212. The maximum atomic E-state index is 15.1. The van der Waals surface area contributed by atoms with Gasteiger partial charge in [0.05, 0.1) is 40.4 Å². The molecule has 2 N–H and O–H groups in total. The summed E-state index contributed by atoms with van der Waals surface area (Å²) in [6, 6.07) is 1.29. The Balaban J connectivity index is 0.00000205. The van der Waals surface area contributed by atoms with Gasteiger partial charge in [-0.1, -0.05) is 11.6 Å². The van der Waals surface area contributed by atoms with Crippen LogP contribution in [0, 0.1) is 5.82 Å². The number of hydrogen-bond donors (Lipinski definition) is 2. The number of benzene rings is 1. The largest absolute Gasteiger partial charge is 0.477 e. The van der Waals surface area contributed by atoms with E-state index in [2.05, 4.69) is 5.32 Å². The minimum atomic E-state index is -1.33. The smallest absolute Gasteiger partial charge is 0.341 e. The van der Waals surface area contributed by atoms with Crippen molar-refractivity contribution in [2.75, 3.05) is 31.1 Å². The van der Waals surface area contributed by atoms with E-state index in [1.807, 2.05) is 4.90 Å². The second-order valence-corrected chi connectivity index (χ2v) is 7.99. The van der Waals surface area contributed by atoms with Crippen LogP contribution >= 0.6 is 24.0 Å². The third-order valence-electron chi connectivity index (χ3n) is 5.78. The minimum absolute atomic E-state index is 0. The van der Waals surface area contributed by atoms with Gasteiger partial charge >= 0.3 is 5.97 Å². The molecule has 29 heavy (non-hydrogen) atoms. The lowest BCUT2D eigenvalue weighted by Gasteiger charge is -2.25. The van der Waals surface area contributed by atoms with Crippen molar-refractivity contribution in [1.29, 1.82) is 0 Å². The number of carbonyl (C=O) groups is 1. The number of morpholine rings is 1. The van der Waals surface area contributed by atoms with Crippen LogP contribution in [0.5, 0.6) is 0 Å². The molecule has 7 nitrogen and oxygen atoms in total. The molecule has 10 heteroatoms. The van der Waals surface area contributed by atoms with Gasteiger partial charge in [0.1, 0.15) is 11.4 Å². The first-order chi connectivity index (χ1) is 13.5. The molecule has 2 unspecified atom stereocenters. The first kappa shape index (κ1) is 20.4. The van der Waals surface area contributed by atoms with E-state index < -0.39 is 17.2 Å². The summed E-state index contributed by atoms with van der Waals surface area (Å²) in [5, 5.41) is 12.9. The Bertz CT molecular complexity index is 1040. The highest BCUT2D eigenvalue weighted by Crippen LogP contribution is 2.42. The molecular weight excluding hydrogens is 424 g/mol. The Labute approximate surface area is 176 Å². The second-order valence-electron chi connectivity index (χ2n) is 7.61. The fourth-order valence-corrected chi connectivity index (χ4v) is 4.70. The highest BCUT2D eigenvalue weighted by atomic mass is 35.5. The van der Waals surface area contributed by atoms with Gasteiger partial charge in [-0.2, -0.15) is 0 Å². The topological polar surface area (TPSA) is 83.8 Å². The van der Waals surface area contributed by atoms with Crippen molar-refractivity contribution in [3.63, 3.8) is 0 Å². The number of carboxylic acids is 1. The molecular formula is C19H20Cl2FN3O4. The third-order valence-corrected chi connectivity index (χ3v) is 6.14. The van der Waals surface area contributed by atoms with Crippen LogP contribution in [0.25, 0.3) is 10.9 Å². The van der Waals surface area contributed by atoms with Crippen LogP contribution in [0.4, 0.5) is 10.1 Å². The molecule has 156 valence electrons. The SMILES string of the molecule is Cl.O=C(O)c1cn(C2CC2)c2c(Cl)c(N3CC4NCCOC4C3)c(F)cc2c1=O. The molecule has 5 rings (SSSR count). The number of aromatic nitrogens is 1. The van der Waals surface area contributed by atoms with Gasteiger partial charge in [-0.3, -0.25) is 4.79 Å². The average molecular weight is 444 g/mol. The third kappa shape index (κ3) is 3.28. The number of hydrogen-bond acceptors (Lipinski definition) is 5. The highest BCUT2D eigenvalue weighted by molar-refractivity contribution is 6.38. The fourth-order valence-electron chi connectivity index (χ4n) is 4.29. The number of carboxylic acid groups (broad SMARTS) is 1. The molecule has 2 saturated heterocycles. The Kier molecular flexibility index (Phi) is 5.23. The molecule has 1 saturated carbocycles. The molecule has 2 aromatic rings. The Hall–Kier alpha value is -1.87. The summed E-state index contributed by atoms with van der Waals surface area (Å²) < 4.78 is 22.6. The van der Waals surface area contributed by atoms with Crippen LogP contribution in [0.2, 0.25) is 5.02 Å². The predicted octanol–water partition coefficient (Wildman–Crippen LogP) is 2.43. The Morgan fingerprint density at radius 3 is 2.76 bits per heavy atom. The van der Waals surface area contributed by atoms with Crippen molar-refractivity contribution in [3.8, 4) is 0 Å². The summed E-state index contributed by atoms with van der Waals surface area (Å²) in [4.78, 5) is 26.0. The van der Waals surface area contributed by atoms with E-state index in [1.165, 1.54) is 6.20 Å². The summed E-state index contributed by atoms with van der Waals surface area (Å²) in [5.41, 5.74) is -0.440. The summed E-state index contributed by atoms with van der Waals surface area (Å²) >= 11 is 6.66. The number of aromatic carboxylic acids is 1. The van der Waals surface area contributed by atoms with Crippen molar-refractivity contribution in [2.45, 2.75) is 31.0 Å². The molecule has 1 aliphatic carbocycles. The van der Waals surface area contributed by atoms with E-state index in [4.69, 9.17) is 16.3 Å². The minimum Gasteiger partial charge on any atom is -0.477 e. The number of pyridine rings is 1. The van der Waals surface area contributed by atoms with Crippen molar-refractivity contribution in [2.24, 2.45) is 0 Å². The lowest BCUT2D eigenvalue weighted by atomic mass is 10.1. The van der Waals surface area contributed by atoms with Crippen molar-refractivity contribution < 1.29 is 19.0 Å². The number of nitrogens with zero attached hydrogens (tertiary/aromatic N) is 2. The van der Waals surface area contributed by atoms with Crippen LogP contribution in [-0.2, 0) is 4.74 Å². The molecule has 0 spiro atoms. The number of nitrogens with one attached hydrogen (secondary N) is 1. The first-order valence-corrected chi connectivity index (χ1v) is 9.73. The Morgan fingerprint density at radius 1 is 1.34 bits per heavy atom. The molecule has 2 aliphatic heterocycles. The van der Waals surface area contributed by atoms with Gasteiger partial charge in [-0.15, -0.1) is 12.4 Å². The molecule has 0 bridgehead atoms. The maximum Gasteiger partial charge on any atom is 0.341 e. The second kappa shape index (κ2) is 7.43. The number of fused-ring (bicyclic) bond motifs is 2. The van der Waals surface area contributed by atoms with E-state index in [9.17, 15) is 14.7 Å². The van der Waals surface area contributed by atoms with Gasteiger partial charge in [0.25, 0.3) is 0 Å². The predicted molar refractivity (Wildman–Crippen MR) is 109 cm³/mol. The van der Waals surface area contributed by atoms with Gasteiger partial charge < -0.3 is 24.6 Å². The van der Waals surface area contributed by atoms with Gasteiger partial charge in [-0.25, -0.2) is 9.18 Å². The number of halogens is 3. The lowest BCUT2D eigenvalue weighted by Crippen LogP contribution is -2.47. The van der Waals surface area contributed by atoms with Gasteiger partial charge in [0.15, 0.2) is 0 Å². The zero-order chi connectivity index (χ0) is 19.6. The zero-order valence-corrected chi connectivity index (χ0v) is 16.9. The number of anilines is 1. The summed E-state index contributed by atoms with van der Waals surface area (Å²) in [6.45, 7) is 2.42. The molecule has 1 aromatic heterocycles. The van der Waals surface area contributed by atoms with Gasteiger partial charge in [0.2, 0.25) is 5.43 Å². The number of rotatable bonds is 3.